The van der Waals surface area contributed by atoms with E-state index in [1.54, 1.807) is 12.1 Å². The first-order valence-electron chi connectivity index (χ1n) is 14.5. The standard InChI is InChI=1S/C32H28Cl2N8O6S2/c33-23-13-15(9-11-21(23)31(49(43,44)45)19-7-3-1-5-17(19)25(35)27(41-39)29(31)37)16-10-12-22(24(34)14-16)32(50(46,47)48)20-8-4-2-6-18(20)26(36)28(42-40)30(32)38/h1-14,29-30,35-36H,37-40H2,(H,43,44,45)(H,46,47,48). The minimum Gasteiger partial charge on any atom is -0.323 e. The first-order valence-corrected chi connectivity index (χ1v) is 18.1. The quantitative estimate of drug-likeness (QED) is 0.0837. The zero-order valence-corrected chi connectivity index (χ0v) is 28.7. The van der Waals surface area contributed by atoms with Crippen LogP contribution in [0.5, 0.6) is 0 Å². The Morgan fingerprint density at radius 3 is 1.24 bits per heavy atom. The van der Waals surface area contributed by atoms with Crippen molar-refractivity contribution in [3.8, 4) is 11.1 Å². The number of hydrazone groups is 2. The Labute approximate surface area is 296 Å². The van der Waals surface area contributed by atoms with Crippen LogP contribution in [0.25, 0.3) is 11.1 Å². The number of benzene rings is 4. The van der Waals surface area contributed by atoms with Gasteiger partial charge in [-0.3, -0.25) is 19.9 Å². The smallest absolute Gasteiger partial charge is 0.281 e. The highest BCUT2D eigenvalue weighted by Crippen LogP contribution is 2.50. The number of hydrogen-bond acceptors (Lipinski definition) is 12. The van der Waals surface area contributed by atoms with E-state index in [1.165, 1.54) is 72.8 Å². The van der Waals surface area contributed by atoms with Gasteiger partial charge in [-0.25, -0.2) is 0 Å². The van der Waals surface area contributed by atoms with Crippen molar-refractivity contribution in [2.45, 2.75) is 21.6 Å². The topological polar surface area (TPSA) is 285 Å². The van der Waals surface area contributed by atoms with Crippen LogP contribution >= 0.6 is 23.2 Å². The van der Waals surface area contributed by atoms with E-state index in [-0.39, 0.29) is 66.3 Å². The van der Waals surface area contributed by atoms with Crippen molar-refractivity contribution in [1.82, 2.24) is 0 Å². The van der Waals surface area contributed by atoms with Crippen molar-refractivity contribution in [3.05, 3.63) is 128 Å². The summed E-state index contributed by atoms with van der Waals surface area (Å²) in [5.74, 6) is 11.1. The molecule has 50 heavy (non-hydrogen) atoms. The fraction of sp³-hybridized carbons (Fsp3) is 0.125. The zero-order valence-electron chi connectivity index (χ0n) is 25.5. The molecule has 4 aromatic carbocycles. The lowest BCUT2D eigenvalue weighted by molar-refractivity contribution is 0.434. The van der Waals surface area contributed by atoms with E-state index in [1.807, 2.05) is 0 Å². The third kappa shape index (κ3) is 4.68. The van der Waals surface area contributed by atoms with E-state index in [2.05, 4.69) is 10.2 Å². The Bertz CT molecular complexity index is 2270. The monoisotopic (exact) mass is 754 g/mol. The summed E-state index contributed by atoms with van der Waals surface area (Å²) in [5.41, 5.74) is 12.6. The maximum absolute atomic E-state index is 13.4. The largest absolute Gasteiger partial charge is 0.323 e. The van der Waals surface area contributed by atoms with Crippen molar-refractivity contribution < 1.29 is 25.9 Å². The second-order valence-corrected chi connectivity index (χ2v) is 15.6. The third-order valence-electron chi connectivity index (χ3n) is 9.33. The SMILES string of the molecule is N=C1C(=NN)C(N)C(c2ccc(-c3ccc(C4(S(=O)(=O)O)c5ccccc5C(=N)C(=NN)C4N)c(Cl)c3)cc2Cl)(S(=O)(=O)O)c2ccccc21. The van der Waals surface area contributed by atoms with Crippen molar-refractivity contribution >= 4 is 66.3 Å². The van der Waals surface area contributed by atoms with Gasteiger partial charge in [-0.1, -0.05) is 96.0 Å². The third-order valence-corrected chi connectivity index (χ3v) is 13.0. The van der Waals surface area contributed by atoms with Gasteiger partial charge in [0.1, 0.15) is 11.4 Å². The molecule has 0 saturated heterocycles. The molecule has 0 aromatic heterocycles. The molecule has 0 spiro atoms. The average molecular weight is 756 g/mol. The van der Waals surface area contributed by atoms with E-state index in [0.29, 0.717) is 11.1 Å². The minimum atomic E-state index is -5.15. The van der Waals surface area contributed by atoms with Crippen LogP contribution in [0.15, 0.2) is 95.1 Å². The molecule has 2 aliphatic rings. The summed E-state index contributed by atoms with van der Waals surface area (Å²) in [6, 6.07) is 17.1. The summed E-state index contributed by atoms with van der Waals surface area (Å²) in [4.78, 5) is 0. The first kappa shape index (κ1) is 35.3. The molecule has 258 valence electrons. The van der Waals surface area contributed by atoms with E-state index in [0.717, 1.165) is 0 Å². The summed E-state index contributed by atoms with van der Waals surface area (Å²) in [7, 11) is -10.3. The van der Waals surface area contributed by atoms with Gasteiger partial charge in [0.15, 0.2) is 9.49 Å². The van der Waals surface area contributed by atoms with Gasteiger partial charge < -0.3 is 23.2 Å². The number of halogens is 2. The summed E-state index contributed by atoms with van der Waals surface area (Å²) in [5, 5.41) is 24.0. The van der Waals surface area contributed by atoms with Crippen LogP contribution < -0.4 is 23.2 Å². The molecule has 4 aromatic rings. The highest BCUT2D eigenvalue weighted by atomic mass is 35.5. The molecule has 0 radical (unpaired) electrons. The Hall–Kier alpha value is -4.52. The van der Waals surface area contributed by atoms with Gasteiger partial charge in [0.25, 0.3) is 20.2 Å². The molecule has 2 aliphatic carbocycles. The Balaban J connectivity index is 1.55. The number of rotatable bonds is 5. The predicted octanol–water partition coefficient (Wildman–Crippen LogP) is 2.97. The second kappa shape index (κ2) is 12.1. The second-order valence-electron chi connectivity index (χ2n) is 11.6. The molecule has 0 saturated carbocycles. The number of nitrogens with two attached hydrogens (primary N) is 4. The van der Waals surface area contributed by atoms with Gasteiger partial charge >= 0.3 is 0 Å². The van der Waals surface area contributed by atoms with E-state index < -0.39 is 41.8 Å². The molecule has 6 rings (SSSR count). The van der Waals surface area contributed by atoms with E-state index in [4.69, 9.17) is 57.2 Å². The number of hydrogen-bond donors (Lipinski definition) is 8. The molecule has 4 atom stereocenters. The minimum absolute atomic E-state index is 0.0115. The molecule has 0 fully saturated rings. The molecule has 0 amide bonds. The summed E-state index contributed by atoms with van der Waals surface area (Å²) in [6.07, 6.45) is 0. The molecular weight excluding hydrogens is 727 g/mol. The number of nitrogens with one attached hydrogen (secondary N) is 2. The van der Waals surface area contributed by atoms with Gasteiger partial charge in [-0.15, -0.1) is 0 Å². The summed E-state index contributed by atoms with van der Waals surface area (Å²) >= 11 is 13.6. The first-order chi connectivity index (χ1) is 23.5. The Kier molecular flexibility index (Phi) is 8.52. The van der Waals surface area contributed by atoms with Crippen molar-refractivity contribution in [2.24, 2.45) is 33.4 Å². The highest BCUT2D eigenvalue weighted by Gasteiger charge is 2.60. The number of fused-ring (bicyclic) bond motifs is 2. The number of nitrogens with zero attached hydrogens (tertiary/aromatic N) is 2. The maximum Gasteiger partial charge on any atom is 0.281 e. The van der Waals surface area contributed by atoms with Crippen LogP contribution in [0, 0.1) is 10.8 Å². The molecule has 12 N–H and O–H groups in total. The molecule has 0 aliphatic heterocycles. The molecule has 14 nitrogen and oxygen atoms in total. The van der Waals surface area contributed by atoms with Gasteiger partial charge in [0.2, 0.25) is 0 Å². The maximum atomic E-state index is 13.4. The van der Waals surface area contributed by atoms with Crippen LogP contribution in [-0.2, 0) is 29.7 Å². The van der Waals surface area contributed by atoms with Gasteiger partial charge in [-0.2, -0.15) is 27.0 Å². The van der Waals surface area contributed by atoms with Gasteiger partial charge in [-0.05, 0) is 34.4 Å². The fourth-order valence-corrected chi connectivity index (χ4v) is 10.6. The molecule has 0 heterocycles. The normalized spacial score (nSPS) is 25.4. The molecule has 0 bridgehead atoms. The molecule has 18 heteroatoms. The Morgan fingerprint density at radius 2 is 0.940 bits per heavy atom. The summed E-state index contributed by atoms with van der Waals surface area (Å²) < 4.78 is 70.4. The van der Waals surface area contributed by atoms with Crippen LogP contribution in [0.4, 0.5) is 0 Å². The average Bonchev–Trinajstić information content (AvgIpc) is 3.05. The van der Waals surface area contributed by atoms with Crippen molar-refractivity contribution in [2.75, 3.05) is 0 Å². The van der Waals surface area contributed by atoms with Crippen LogP contribution in [0.1, 0.15) is 33.4 Å². The van der Waals surface area contributed by atoms with Crippen LogP contribution in [-0.4, -0.2) is 60.9 Å². The van der Waals surface area contributed by atoms with Crippen molar-refractivity contribution in [3.63, 3.8) is 0 Å². The molecular formula is C32H28Cl2N8O6S2. The van der Waals surface area contributed by atoms with Gasteiger partial charge in [0, 0.05) is 32.3 Å². The van der Waals surface area contributed by atoms with Crippen LogP contribution in [0.2, 0.25) is 10.0 Å². The summed E-state index contributed by atoms with van der Waals surface area (Å²) in [6.45, 7) is 0. The van der Waals surface area contributed by atoms with E-state index in [9.17, 15) is 25.9 Å². The zero-order chi connectivity index (χ0) is 36.6. The molecule has 4 unspecified atom stereocenters. The fourth-order valence-electron chi connectivity index (χ4n) is 7.14. The van der Waals surface area contributed by atoms with Gasteiger partial charge in [0.05, 0.1) is 23.5 Å². The van der Waals surface area contributed by atoms with Crippen LogP contribution in [0.3, 0.4) is 0 Å². The predicted molar refractivity (Wildman–Crippen MR) is 192 cm³/mol. The highest BCUT2D eigenvalue weighted by molar-refractivity contribution is 7.87. The van der Waals surface area contributed by atoms with Crippen molar-refractivity contribution in [1.29, 1.82) is 10.8 Å². The lowest BCUT2D eigenvalue weighted by Gasteiger charge is -2.42. The van der Waals surface area contributed by atoms with E-state index >= 15 is 0 Å². The Morgan fingerprint density at radius 1 is 0.600 bits per heavy atom. The lowest BCUT2D eigenvalue weighted by atomic mass is 9.72. The lowest BCUT2D eigenvalue weighted by Crippen LogP contribution is -2.61.